The van der Waals surface area contributed by atoms with Crippen LogP contribution in [0.25, 0.3) is 0 Å². The molecule has 78 valence electrons. The van der Waals surface area contributed by atoms with Crippen molar-refractivity contribution in [2.75, 3.05) is 24.7 Å². The quantitative estimate of drug-likeness (QED) is 0.595. The first-order chi connectivity index (χ1) is 6.76. The Hall–Kier alpha value is -0.850. The maximum atomic E-state index is 9.17. The van der Waals surface area contributed by atoms with E-state index in [1.165, 1.54) is 0 Å². The lowest BCUT2D eigenvalue weighted by Gasteiger charge is -2.08. The first kappa shape index (κ1) is 11.2. The van der Waals surface area contributed by atoms with Gasteiger partial charge < -0.3 is 16.2 Å². The number of aromatic nitrogens is 2. The highest BCUT2D eigenvalue weighted by Crippen LogP contribution is 2.11. The van der Waals surface area contributed by atoms with Gasteiger partial charge in [-0.2, -0.15) is 0 Å². The van der Waals surface area contributed by atoms with Crippen LogP contribution >= 0.6 is 11.8 Å². The Morgan fingerprint density at radius 1 is 1.57 bits per heavy atom. The predicted octanol–water partition coefficient (Wildman–Crippen LogP) is -0.0700. The van der Waals surface area contributed by atoms with Gasteiger partial charge in [-0.05, 0) is 6.26 Å². The fourth-order valence-corrected chi connectivity index (χ4v) is 1.12. The summed E-state index contributed by atoms with van der Waals surface area (Å²) in [7, 11) is 0. The molecule has 0 saturated heterocycles. The maximum Gasteiger partial charge on any atom is 0.222 e. The zero-order valence-electron chi connectivity index (χ0n) is 7.97. The van der Waals surface area contributed by atoms with Crippen LogP contribution in [0.15, 0.2) is 17.3 Å². The van der Waals surface area contributed by atoms with E-state index in [2.05, 4.69) is 15.3 Å². The zero-order valence-corrected chi connectivity index (χ0v) is 8.79. The molecule has 1 heterocycles. The van der Waals surface area contributed by atoms with Gasteiger partial charge in [-0.15, -0.1) is 11.8 Å². The van der Waals surface area contributed by atoms with E-state index in [0.717, 1.165) is 4.90 Å². The summed E-state index contributed by atoms with van der Waals surface area (Å²) in [4.78, 5) is 9.13. The molecule has 0 bridgehead atoms. The number of anilines is 1. The number of nitrogens with two attached hydrogens (primary N) is 1. The molecule has 0 unspecified atom stereocenters. The molecule has 1 atom stereocenters. The van der Waals surface area contributed by atoms with E-state index in [1.54, 1.807) is 24.2 Å². The largest absolute Gasteiger partial charge is 0.390 e. The summed E-state index contributed by atoms with van der Waals surface area (Å²) in [6.07, 6.45) is 4.87. The van der Waals surface area contributed by atoms with Crippen LogP contribution in [0, 0.1) is 0 Å². The normalized spacial score (nSPS) is 12.5. The fraction of sp³-hybridized carbons (Fsp3) is 0.500. The van der Waals surface area contributed by atoms with Gasteiger partial charge in [-0.3, -0.25) is 0 Å². The lowest BCUT2D eigenvalue weighted by Crippen LogP contribution is -2.28. The lowest BCUT2D eigenvalue weighted by molar-refractivity contribution is 0.196. The van der Waals surface area contributed by atoms with E-state index < -0.39 is 6.10 Å². The summed E-state index contributed by atoms with van der Waals surface area (Å²) in [6.45, 7) is 0.602. The highest BCUT2D eigenvalue weighted by molar-refractivity contribution is 7.98. The average molecular weight is 214 g/mol. The van der Waals surface area contributed by atoms with Gasteiger partial charge in [0.1, 0.15) is 0 Å². The van der Waals surface area contributed by atoms with Crippen LogP contribution in [0.4, 0.5) is 5.95 Å². The number of hydrogen-bond acceptors (Lipinski definition) is 6. The molecule has 0 fully saturated rings. The van der Waals surface area contributed by atoms with Crippen molar-refractivity contribution in [2.45, 2.75) is 11.0 Å². The molecule has 0 aliphatic rings. The molecule has 0 aliphatic carbocycles. The van der Waals surface area contributed by atoms with Crippen molar-refractivity contribution < 1.29 is 5.11 Å². The van der Waals surface area contributed by atoms with E-state index in [4.69, 9.17) is 5.73 Å². The van der Waals surface area contributed by atoms with Gasteiger partial charge >= 0.3 is 0 Å². The van der Waals surface area contributed by atoms with Crippen LogP contribution in [0.5, 0.6) is 0 Å². The van der Waals surface area contributed by atoms with Crippen molar-refractivity contribution in [3.8, 4) is 0 Å². The van der Waals surface area contributed by atoms with Crippen LogP contribution in [0.2, 0.25) is 0 Å². The van der Waals surface area contributed by atoms with Crippen molar-refractivity contribution in [3.63, 3.8) is 0 Å². The van der Waals surface area contributed by atoms with E-state index in [0.29, 0.717) is 12.5 Å². The van der Waals surface area contributed by atoms with E-state index in [1.807, 2.05) is 6.26 Å². The maximum absolute atomic E-state index is 9.17. The number of rotatable bonds is 5. The van der Waals surface area contributed by atoms with Gasteiger partial charge in [0.15, 0.2) is 0 Å². The summed E-state index contributed by atoms with van der Waals surface area (Å²) in [5, 5.41) is 12.1. The fourth-order valence-electron chi connectivity index (χ4n) is 0.805. The minimum absolute atomic E-state index is 0.232. The average Bonchev–Trinajstić information content (AvgIpc) is 2.26. The van der Waals surface area contributed by atoms with Gasteiger partial charge in [0, 0.05) is 30.4 Å². The predicted molar refractivity (Wildman–Crippen MR) is 57.4 cm³/mol. The number of nitrogens with zero attached hydrogens (tertiary/aromatic N) is 2. The molecule has 0 saturated carbocycles. The molecular formula is C8H14N4OS. The molecule has 0 aromatic carbocycles. The van der Waals surface area contributed by atoms with Crippen LogP contribution in [0.1, 0.15) is 0 Å². The number of aliphatic hydroxyl groups is 1. The second kappa shape index (κ2) is 5.79. The zero-order chi connectivity index (χ0) is 10.4. The van der Waals surface area contributed by atoms with E-state index >= 15 is 0 Å². The van der Waals surface area contributed by atoms with E-state index in [9.17, 15) is 5.11 Å². The lowest BCUT2D eigenvalue weighted by atomic mass is 10.3. The first-order valence-corrected chi connectivity index (χ1v) is 5.46. The highest BCUT2D eigenvalue weighted by atomic mass is 32.2. The first-order valence-electron chi connectivity index (χ1n) is 4.24. The monoisotopic (exact) mass is 214 g/mol. The van der Waals surface area contributed by atoms with Gasteiger partial charge in [0.25, 0.3) is 0 Å². The Balaban J connectivity index is 2.43. The Morgan fingerprint density at radius 3 is 2.71 bits per heavy atom. The molecule has 14 heavy (non-hydrogen) atoms. The standard InChI is InChI=1S/C8H14N4OS/c1-14-7-4-11-8(12-5-7)10-3-6(13)2-9/h4-6,13H,2-3,9H2,1H3,(H,10,11,12)/t6-/m1/s1. The number of hydrogen-bond donors (Lipinski definition) is 3. The highest BCUT2D eigenvalue weighted by Gasteiger charge is 2.01. The van der Waals surface area contributed by atoms with Gasteiger partial charge in [-0.25, -0.2) is 9.97 Å². The second-order valence-corrected chi connectivity index (χ2v) is 3.60. The molecule has 1 rings (SSSR count). The molecule has 5 nitrogen and oxygen atoms in total. The summed E-state index contributed by atoms with van der Waals surface area (Å²) < 4.78 is 0. The summed E-state index contributed by atoms with van der Waals surface area (Å²) in [6, 6.07) is 0. The third-order valence-corrected chi connectivity index (χ3v) is 2.31. The number of nitrogens with one attached hydrogen (secondary N) is 1. The van der Waals surface area contributed by atoms with Crippen LogP contribution < -0.4 is 11.1 Å². The smallest absolute Gasteiger partial charge is 0.222 e. The summed E-state index contributed by atoms with van der Waals surface area (Å²) in [5.74, 6) is 0.510. The SMILES string of the molecule is CSc1cnc(NC[C@H](O)CN)nc1. The topological polar surface area (TPSA) is 84.1 Å². The van der Waals surface area contributed by atoms with E-state index in [-0.39, 0.29) is 6.54 Å². The molecule has 0 radical (unpaired) electrons. The third-order valence-electron chi connectivity index (χ3n) is 1.63. The van der Waals surface area contributed by atoms with Crippen molar-refractivity contribution >= 4 is 17.7 Å². The molecular weight excluding hydrogens is 200 g/mol. The molecule has 0 aliphatic heterocycles. The van der Waals surface area contributed by atoms with Crippen LogP contribution in [0.3, 0.4) is 0 Å². The van der Waals surface area contributed by atoms with Crippen molar-refractivity contribution in [2.24, 2.45) is 5.73 Å². The minimum Gasteiger partial charge on any atom is -0.390 e. The van der Waals surface area contributed by atoms with Crippen molar-refractivity contribution in [1.82, 2.24) is 9.97 Å². The minimum atomic E-state index is -0.557. The molecule has 1 aromatic rings. The van der Waals surface area contributed by atoms with Gasteiger partial charge in [0.05, 0.1) is 6.10 Å². The van der Waals surface area contributed by atoms with Crippen LogP contribution in [-0.4, -0.2) is 40.5 Å². The number of aliphatic hydroxyl groups excluding tert-OH is 1. The number of thioether (sulfide) groups is 1. The van der Waals surface area contributed by atoms with Gasteiger partial charge in [0.2, 0.25) is 5.95 Å². The molecule has 0 spiro atoms. The second-order valence-electron chi connectivity index (χ2n) is 2.72. The van der Waals surface area contributed by atoms with Crippen molar-refractivity contribution in [3.05, 3.63) is 12.4 Å². The molecule has 4 N–H and O–H groups in total. The Labute approximate surface area is 87.1 Å². The molecule has 6 heteroatoms. The van der Waals surface area contributed by atoms with Gasteiger partial charge in [-0.1, -0.05) is 0 Å². The molecule has 0 amide bonds. The Morgan fingerprint density at radius 2 is 2.21 bits per heavy atom. The summed E-state index contributed by atoms with van der Waals surface area (Å²) in [5.41, 5.74) is 5.25. The molecule has 1 aromatic heterocycles. The van der Waals surface area contributed by atoms with Crippen LogP contribution in [-0.2, 0) is 0 Å². The third kappa shape index (κ3) is 3.49. The Kier molecular flexibility index (Phi) is 4.64. The van der Waals surface area contributed by atoms with Crippen molar-refractivity contribution in [1.29, 1.82) is 0 Å². The summed E-state index contributed by atoms with van der Waals surface area (Å²) >= 11 is 1.58. The Bertz CT molecular complexity index is 267.